The summed E-state index contributed by atoms with van der Waals surface area (Å²) in [6.07, 6.45) is 12.0. The minimum atomic E-state index is -0.138. The van der Waals surface area contributed by atoms with E-state index >= 15 is 0 Å². The van der Waals surface area contributed by atoms with Crippen LogP contribution in [0.15, 0.2) is 79.0 Å². The van der Waals surface area contributed by atoms with Gasteiger partial charge in [0.25, 0.3) is 0 Å². The summed E-state index contributed by atoms with van der Waals surface area (Å²) in [5.74, 6) is 0.354. The first-order valence-corrected chi connectivity index (χ1v) is 13.6. The van der Waals surface area contributed by atoms with Crippen LogP contribution in [0, 0.1) is 0 Å². The Bertz CT molecular complexity index is 1330. The normalized spacial score (nSPS) is 17.8. The monoisotopic (exact) mass is 524 g/mol. The van der Waals surface area contributed by atoms with Gasteiger partial charge in [-0.3, -0.25) is 14.6 Å². The highest BCUT2D eigenvalue weighted by Crippen LogP contribution is 2.25. The lowest BCUT2D eigenvalue weighted by atomic mass is 10.1. The van der Waals surface area contributed by atoms with E-state index < -0.39 is 0 Å². The quantitative estimate of drug-likeness (QED) is 0.367. The number of nitrogens with zero attached hydrogens (tertiary/aromatic N) is 4. The van der Waals surface area contributed by atoms with Gasteiger partial charge in [0.2, 0.25) is 11.9 Å². The fourth-order valence-electron chi connectivity index (χ4n) is 4.86. The molecule has 1 fully saturated rings. The van der Waals surface area contributed by atoms with Crippen LogP contribution in [-0.2, 0) is 22.7 Å². The first-order valence-electron chi connectivity index (χ1n) is 13.6. The van der Waals surface area contributed by atoms with Gasteiger partial charge in [0.05, 0.1) is 18.9 Å². The molecule has 0 aliphatic carbocycles. The molecular formula is C31H36N6O2. The summed E-state index contributed by atoms with van der Waals surface area (Å²) >= 11 is 0. The second kappa shape index (κ2) is 13.3. The van der Waals surface area contributed by atoms with Crippen molar-refractivity contribution in [1.82, 2.24) is 19.8 Å². The summed E-state index contributed by atoms with van der Waals surface area (Å²) in [5.41, 5.74) is 5.52. The van der Waals surface area contributed by atoms with Crippen LogP contribution in [0.25, 0.3) is 11.3 Å². The van der Waals surface area contributed by atoms with Crippen LogP contribution in [0.3, 0.4) is 0 Å². The number of aromatic nitrogens is 2. The van der Waals surface area contributed by atoms with Gasteiger partial charge in [0.15, 0.2) is 0 Å². The minimum Gasteiger partial charge on any atom is -0.373 e. The van der Waals surface area contributed by atoms with Crippen LogP contribution in [-0.4, -0.2) is 65.5 Å². The Morgan fingerprint density at radius 2 is 2.00 bits per heavy atom. The first kappa shape index (κ1) is 26.7. The Hall–Kier alpha value is -3.85. The molecule has 1 saturated heterocycles. The molecule has 1 aromatic heterocycles. The molecule has 3 aromatic rings. The third kappa shape index (κ3) is 8.07. The molecule has 2 aliphatic heterocycles. The summed E-state index contributed by atoms with van der Waals surface area (Å²) in [6, 6.07) is 16.1. The summed E-state index contributed by atoms with van der Waals surface area (Å²) in [7, 11) is 2.07. The summed E-state index contributed by atoms with van der Waals surface area (Å²) < 4.78 is 5.85. The molecule has 0 unspecified atom stereocenters. The molecule has 2 aromatic carbocycles. The van der Waals surface area contributed by atoms with E-state index in [-0.39, 0.29) is 5.91 Å². The van der Waals surface area contributed by atoms with Crippen LogP contribution in [0.1, 0.15) is 24.0 Å². The average molecular weight is 525 g/mol. The number of nitrogens with one attached hydrogen (secondary N) is 2. The lowest BCUT2D eigenvalue weighted by Crippen LogP contribution is -2.19. The molecule has 0 saturated carbocycles. The van der Waals surface area contributed by atoms with Crippen LogP contribution >= 0.6 is 0 Å². The van der Waals surface area contributed by atoms with E-state index in [1.807, 2.05) is 36.4 Å². The molecular weight excluding hydrogens is 488 g/mol. The second-order valence-corrected chi connectivity index (χ2v) is 10.1. The molecule has 0 atom stereocenters. The number of amides is 1. The fourth-order valence-corrected chi connectivity index (χ4v) is 4.86. The van der Waals surface area contributed by atoms with Gasteiger partial charge >= 0.3 is 0 Å². The van der Waals surface area contributed by atoms with E-state index in [0.717, 1.165) is 59.9 Å². The van der Waals surface area contributed by atoms with Crippen LogP contribution in [0.4, 0.5) is 17.3 Å². The Kier molecular flexibility index (Phi) is 9.11. The van der Waals surface area contributed by atoms with Crippen molar-refractivity contribution in [2.24, 2.45) is 0 Å². The maximum absolute atomic E-state index is 12.7. The Balaban J connectivity index is 1.39. The zero-order chi connectivity index (χ0) is 26.9. The molecule has 0 radical (unpaired) electrons. The molecule has 5 rings (SSSR count). The van der Waals surface area contributed by atoms with Gasteiger partial charge in [-0.25, -0.2) is 9.97 Å². The van der Waals surface area contributed by atoms with E-state index in [0.29, 0.717) is 25.7 Å². The SMILES string of the molecule is CN1C/C=C/COCc2cccc(c2)-c2ccnc(n2)Nc2cc(cc(NC(=O)/C=C/CN3CCCC3)c2)C1. The zero-order valence-electron chi connectivity index (χ0n) is 22.5. The standard InChI is InChI=1S/C31H36N6O2/c1-36-13-4-5-17-39-23-24-8-6-9-26(18-24)29-11-12-32-31(35-29)34-28-20-25(22-36)19-27(21-28)33-30(38)10-7-16-37-14-2-3-15-37/h4-12,18-21H,2-3,13-17,22-23H2,1H3,(H,33,38)(H,32,34,35)/b5-4+,10-7+. The molecule has 39 heavy (non-hydrogen) atoms. The minimum absolute atomic E-state index is 0.138. The number of carbonyl (C=O) groups excluding carboxylic acids is 1. The van der Waals surface area contributed by atoms with Crippen molar-refractivity contribution < 1.29 is 9.53 Å². The van der Waals surface area contributed by atoms with E-state index in [1.54, 1.807) is 12.3 Å². The first-order chi connectivity index (χ1) is 19.1. The van der Waals surface area contributed by atoms with Gasteiger partial charge in [-0.1, -0.05) is 36.4 Å². The smallest absolute Gasteiger partial charge is 0.248 e. The van der Waals surface area contributed by atoms with E-state index in [1.165, 1.54) is 12.8 Å². The molecule has 8 nitrogen and oxygen atoms in total. The van der Waals surface area contributed by atoms with E-state index in [2.05, 4.69) is 62.8 Å². The number of carbonyl (C=O) groups is 1. The van der Waals surface area contributed by atoms with Crippen molar-refractivity contribution in [3.63, 3.8) is 0 Å². The number of hydrogen-bond donors (Lipinski definition) is 2. The molecule has 1 amide bonds. The summed E-state index contributed by atoms with van der Waals surface area (Å²) in [4.78, 5) is 26.5. The topological polar surface area (TPSA) is 82.6 Å². The fraction of sp³-hybridized carbons (Fsp3) is 0.323. The van der Waals surface area contributed by atoms with Gasteiger partial charge in [-0.2, -0.15) is 0 Å². The predicted octanol–water partition coefficient (Wildman–Crippen LogP) is 5.00. The maximum Gasteiger partial charge on any atom is 0.248 e. The number of benzene rings is 2. The molecule has 8 heteroatoms. The van der Waals surface area contributed by atoms with Gasteiger partial charge in [0, 0.05) is 48.8 Å². The number of likely N-dealkylation sites (tertiary alicyclic amines) is 1. The van der Waals surface area contributed by atoms with Gasteiger partial charge < -0.3 is 15.4 Å². The van der Waals surface area contributed by atoms with Crippen molar-refractivity contribution in [3.05, 3.63) is 90.2 Å². The van der Waals surface area contributed by atoms with Crippen molar-refractivity contribution in [1.29, 1.82) is 0 Å². The van der Waals surface area contributed by atoms with Crippen molar-refractivity contribution in [2.75, 3.05) is 50.5 Å². The van der Waals surface area contributed by atoms with Gasteiger partial charge in [0.1, 0.15) is 0 Å². The molecule has 2 N–H and O–H groups in total. The number of fused-ring (bicyclic) bond motifs is 7. The Morgan fingerprint density at radius 1 is 1.10 bits per heavy atom. The second-order valence-electron chi connectivity index (χ2n) is 10.1. The number of rotatable bonds is 4. The van der Waals surface area contributed by atoms with Crippen LogP contribution < -0.4 is 10.6 Å². The van der Waals surface area contributed by atoms with Crippen molar-refractivity contribution in [3.8, 4) is 11.3 Å². The molecule has 6 bridgehead atoms. The van der Waals surface area contributed by atoms with E-state index in [4.69, 9.17) is 9.72 Å². The predicted molar refractivity (Wildman–Crippen MR) is 156 cm³/mol. The summed E-state index contributed by atoms with van der Waals surface area (Å²) in [6.45, 7) is 5.59. The zero-order valence-corrected chi connectivity index (χ0v) is 22.5. The number of hydrogen-bond acceptors (Lipinski definition) is 7. The molecule has 2 aliphatic rings. The highest BCUT2D eigenvalue weighted by atomic mass is 16.5. The average Bonchev–Trinajstić information content (AvgIpc) is 3.44. The van der Waals surface area contributed by atoms with Crippen LogP contribution in [0.2, 0.25) is 0 Å². The van der Waals surface area contributed by atoms with Gasteiger partial charge in [-0.15, -0.1) is 0 Å². The van der Waals surface area contributed by atoms with Crippen molar-refractivity contribution in [2.45, 2.75) is 26.0 Å². The van der Waals surface area contributed by atoms with Crippen LogP contribution in [0.5, 0.6) is 0 Å². The highest BCUT2D eigenvalue weighted by Gasteiger charge is 2.11. The molecule has 0 spiro atoms. The lowest BCUT2D eigenvalue weighted by molar-refractivity contribution is -0.111. The molecule has 202 valence electrons. The van der Waals surface area contributed by atoms with E-state index in [9.17, 15) is 4.79 Å². The Labute approximate surface area is 230 Å². The number of ether oxygens (including phenoxy) is 1. The third-order valence-electron chi connectivity index (χ3n) is 6.75. The lowest BCUT2D eigenvalue weighted by Gasteiger charge is -2.17. The largest absolute Gasteiger partial charge is 0.373 e. The molecule has 3 heterocycles. The van der Waals surface area contributed by atoms with Crippen molar-refractivity contribution >= 4 is 23.2 Å². The highest BCUT2D eigenvalue weighted by molar-refractivity contribution is 5.99. The number of anilines is 3. The maximum atomic E-state index is 12.7. The summed E-state index contributed by atoms with van der Waals surface area (Å²) in [5, 5.41) is 6.39. The Morgan fingerprint density at radius 3 is 2.90 bits per heavy atom. The van der Waals surface area contributed by atoms with Gasteiger partial charge in [-0.05, 0) is 74.4 Å². The third-order valence-corrected chi connectivity index (χ3v) is 6.75. The number of likely N-dealkylation sites (N-methyl/N-ethyl adjacent to an activating group) is 1.